The Hall–Kier alpha value is -0.610. The lowest BCUT2D eigenvalue weighted by atomic mass is 9.45. The Bertz CT molecular complexity index is 580. The molecule has 0 aromatic carbocycles. The van der Waals surface area contributed by atoms with Gasteiger partial charge in [-0.1, -0.05) is 34.1 Å². The van der Waals surface area contributed by atoms with Crippen molar-refractivity contribution < 1.29 is 15.0 Å². The third kappa shape index (κ3) is 4.26. The average molecular weight is 408 g/mol. The topological polar surface area (TPSA) is 69.6 Å². The third-order valence-corrected chi connectivity index (χ3v) is 9.83. The molecule has 3 rings (SSSR count). The number of aliphatic hydroxyl groups excluding tert-OH is 2. The van der Waals surface area contributed by atoms with Gasteiger partial charge in [-0.2, -0.15) is 0 Å². The lowest BCUT2D eigenvalue weighted by Crippen LogP contribution is -2.56. The van der Waals surface area contributed by atoms with Crippen LogP contribution in [0.25, 0.3) is 0 Å². The van der Waals surface area contributed by atoms with Crippen LogP contribution in [0.4, 0.5) is 0 Å². The van der Waals surface area contributed by atoms with Gasteiger partial charge in [0.25, 0.3) is 0 Å². The van der Waals surface area contributed by atoms with Crippen LogP contribution in [0.1, 0.15) is 91.9 Å². The summed E-state index contributed by atoms with van der Waals surface area (Å²) in [5.74, 6) is 2.91. The summed E-state index contributed by atoms with van der Waals surface area (Å²) in [7, 11) is 1.71. The number of amides is 1. The van der Waals surface area contributed by atoms with E-state index < -0.39 is 0 Å². The standard InChI is InChI=1S/C25H45NO3/c1-6-20(16(2)7-10-23(29)26-5)25(4)15-17-8-9-18-13-19(27)11-12-24(18,3)21(17)14-22(25)28/h16-22,27-28H,6-15H2,1-5H3,(H,26,29)/t16-,17?,18?,19-,20?,21?,22+,24?,25?/m1/s1. The monoisotopic (exact) mass is 407 g/mol. The van der Waals surface area contributed by atoms with Gasteiger partial charge in [-0.3, -0.25) is 4.79 Å². The molecule has 6 unspecified atom stereocenters. The van der Waals surface area contributed by atoms with E-state index >= 15 is 0 Å². The van der Waals surface area contributed by atoms with Crippen molar-refractivity contribution in [3.63, 3.8) is 0 Å². The molecule has 3 aliphatic rings. The van der Waals surface area contributed by atoms with Gasteiger partial charge in [0.1, 0.15) is 0 Å². The SMILES string of the molecule is CCC([C@H](C)CCC(=O)NC)C1(C)CC2CCC3C[C@H](O)CCC3(C)C2C[C@@H]1O. The van der Waals surface area contributed by atoms with Crippen LogP contribution in [-0.2, 0) is 4.79 Å². The molecule has 0 bridgehead atoms. The predicted octanol–water partition coefficient (Wildman–Crippen LogP) is 4.53. The van der Waals surface area contributed by atoms with Crippen LogP contribution in [0.2, 0.25) is 0 Å². The average Bonchev–Trinajstić information content (AvgIpc) is 2.68. The second kappa shape index (κ2) is 8.86. The predicted molar refractivity (Wildman–Crippen MR) is 117 cm³/mol. The van der Waals surface area contributed by atoms with Crippen molar-refractivity contribution in [3.05, 3.63) is 0 Å². The van der Waals surface area contributed by atoms with Crippen LogP contribution in [-0.4, -0.2) is 35.4 Å². The molecule has 0 heterocycles. The summed E-state index contributed by atoms with van der Waals surface area (Å²) in [5, 5.41) is 24.4. The maximum absolute atomic E-state index is 11.7. The van der Waals surface area contributed by atoms with Crippen molar-refractivity contribution >= 4 is 5.91 Å². The van der Waals surface area contributed by atoms with E-state index in [2.05, 4.69) is 33.0 Å². The molecule has 168 valence electrons. The Kier molecular flexibility index (Phi) is 7.05. The molecular formula is C25H45NO3. The van der Waals surface area contributed by atoms with E-state index in [0.717, 1.165) is 44.9 Å². The summed E-state index contributed by atoms with van der Waals surface area (Å²) in [6.07, 6.45) is 9.68. The van der Waals surface area contributed by atoms with Crippen LogP contribution in [0.15, 0.2) is 0 Å². The fraction of sp³-hybridized carbons (Fsp3) is 0.960. The molecular weight excluding hydrogens is 362 g/mol. The van der Waals surface area contributed by atoms with Crippen LogP contribution in [0.3, 0.4) is 0 Å². The molecule has 0 aliphatic heterocycles. The van der Waals surface area contributed by atoms with Gasteiger partial charge in [0.2, 0.25) is 5.91 Å². The van der Waals surface area contributed by atoms with Gasteiger partial charge in [0.05, 0.1) is 12.2 Å². The van der Waals surface area contributed by atoms with Crippen LogP contribution in [0, 0.1) is 40.4 Å². The largest absolute Gasteiger partial charge is 0.393 e. The molecule has 0 spiro atoms. The Morgan fingerprint density at radius 3 is 2.55 bits per heavy atom. The van der Waals surface area contributed by atoms with Crippen LogP contribution < -0.4 is 5.32 Å². The summed E-state index contributed by atoms with van der Waals surface area (Å²) in [4.78, 5) is 11.7. The van der Waals surface area contributed by atoms with Crippen molar-refractivity contribution in [1.82, 2.24) is 5.32 Å². The molecule has 3 fully saturated rings. The minimum Gasteiger partial charge on any atom is -0.393 e. The number of hydrogen-bond acceptors (Lipinski definition) is 3. The Balaban J connectivity index is 1.75. The van der Waals surface area contributed by atoms with E-state index in [1.165, 1.54) is 12.8 Å². The van der Waals surface area contributed by atoms with E-state index in [9.17, 15) is 15.0 Å². The summed E-state index contributed by atoms with van der Waals surface area (Å²) in [6, 6.07) is 0. The molecule has 0 aromatic heterocycles. The minimum absolute atomic E-state index is 0.0601. The number of nitrogens with one attached hydrogen (secondary N) is 1. The minimum atomic E-state index is -0.265. The van der Waals surface area contributed by atoms with Crippen LogP contribution >= 0.6 is 0 Å². The molecule has 29 heavy (non-hydrogen) atoms. The lowest BCUT2D eigenvalue weighted by Gasteiger charge is -2.61. The summed E-state index contributed by atoms with van der Waals surface area (Å²) >= 11 is 0. The molecule has 1 amide bonds. The van der Waals surface area contributed by atoms with Gasteiger partial charge in [-0.25, -0.2) is 0 Å². The molecule has 3 saturated carbocycles. The number of fused-ring (bicyclic) bond motifs is 3. The zero-order valence-corrected chi connectivity index (χ0v) is 19.4. The second-order valence-electron chi connectivity index (χ2n) is 11.2. The highest BCUT2D eigenvalue weighted by Crippen LogP contribution is 2.63. The number of rotatable bonds is 6. The first-order valence-electron chi connectivity index (χ1n) is 12.2. The first kappa shape index (κ1) is 23.1. The molecule has 4 nitrogen and oxygen atoms in total. The molecule has 3 N–H and O–H groups in total. The van der Waals surface area contributed by atoms with E-state index in [0.29, 0.717) is 36.0 Å². The Labute approximate surface area is 178 Å². The van der Waals surface area contributed by atoms with Crippen molar-refractivity contribution in [1.29, 1.82) is 0 Å². The zero-order valence-electron chi connectivity index (χ0n) is 19.4. The van der Waals surface area contributed by atoms with Gasteiger partial charge in [0.15, 0.2) is 0 Å². The summed E-state index contributed by atoms with van der Waals surface area (Å²) in [6.45, 7) is 9.32. The zero-order chi connectivity index (χ0) is 21.4. The molecule has 9 atom stereocenters. The molecule has 3 aliphatic carbocycles. The molecule has 4 heteroatoms. The number of hydrogen-bond donors (Lipinski definition) is 3. The van der Waals surface area contributed by atoms with Gasteiger partial charge in [-0.05, 0) is 91.8 Å². The maximum atomic E-state index is 11.7. The van der Waals surface area contributed by atoms with Crippen molar-refractivity contribution in [2.45, 2.75) is 104 Å². The molecule has 0 aromatic rings. The van der Waals surface area contributed by atoms with Crippen LogP contribution in [0.5, 0.6) is 0 Å². The van der Waals surface area contributed by atoms with Gasteiger partial charge in [-0.15, -0.1) is 0 Å². The highest BCUT2D eigenvalue weighted by atomic mass is 16.3. The van der Waals surface area contributed by atoms with Gasteiger partial charge in [0, 0.05) is 13.5 Å². The van der Waals surface area contributed by atoms with Gasteiger partial charge >= 0.3 is 0 Å². The smallest absolute Gasteiger partial charge is 0.219 e. The normalized spacial score (nSPS) is 44.3. The number of aliphatic hydroxyl groups is 2. The molecule has 0 radical (unpaired) electrons. The van der Waals surface area contributed by atoms with Gasteiger partial charge < -0.3 is 15.5 Å². The highest BCUT2D eigenvalue weighted by molar-refractivity contribution is 5.75. The quantitative estimate of drug-likeness (QED) is 0.606. The summed E-state index contributed by atoms with van der Waals surface area (Å²) in [5.41, 5.74) is 0.229. The first-order chi connectivity index (χ1) is 13.7. The fourth-order valence-electron chi connectivity index (χ4n) is 8.01. The Morgan fingerprint density at radius 2 is 1.90 bits per heavy atom. The second-order valence-corrected chi connectivity index (χ2v) is 11.2. The Morgan fingerprint density at radius 1 is 1.17 bits per heavy atom. The van der Waals surface area contributed by atoms with E-state index in [-0.39, 0.29) is 28.9 Å². The van der Waals surface area contributed by atoms with Crippen molar-refractivity contribution in [3.8, 4) is 0 Å². The molecule has 0 saturated heterocycles. The van der Waals surface area contributed by atoms with Crippen molar-refractivity contribution in [2.24, 2.45) is 40.4 Å². The number of carbonyl (C=O) groups is 1. The highest BCUT2D eigenvalue weighted by Gasteiger charge is 2.57. The maximum Gasteiger partial charge on any atom is 0.219 e. The van der Waals surface area contributed by atoms with Crippen molar-refractivity contribution in [2.75, 3.05) is 7.05 Å². The van der Waals surface area contributed by atoms with E-state index in [1.807, 2.05) is 0 Å². The van der Waals surface area contributed by atoms with E-state index in [4.69, 9.17) is 0 Å². The van der Waals surface area contributed by atoms with E-state index in [1.54, 1.807) is 7.05 Å². The third-order valence-electron chi connectivity index (χ3n) is 9.83. The fourth-order valence-corrected chi connectivity index (χ4v) is 8.01. The lowest BCUT2D eigenvalue weighted by molar-refractivity contribution is -0.159. The summed E-state index contributed by atoms with van der Waals surface area (Å²) < 4.78 is 0. The number of carbonyl (C=O) groups excluding carboxylic acids is 1. The first-order valence-corrected chi connectivity index (χ1v) is 12.2.